The Morgan fingerprint density at radius 3 is 2.56 bits per heavy atom. The van der Waals surface area contributed by atoms with Gasteiger partial charge in [-0.1, -0.05) is 49.8 Å². The summed E-state index contributed by atoms with van der Waals surface area (Å²) in [7, 11) is 0. The van der Waals surface area contributed by atoms with Crippen LogP contribution in [0.3, 0.4) is 0 Å². The molecular weight excluding hydrogens is 376 g/mol. The van der Waals surface area contributed by atoms with Crippen molar-refractivity contribution in [3.05, 3.63) is 39.7 Å². The van der Waals surface area contributed by atoms with E-state index in [0.29, 0.717) is 10.0 Å². The summed E-state index contributed by atoms with van der Waals surface area (Å²) in [6, 6.07) is 7.46. The zero-order valence-corrected chi connectivity index (χ0v) is 16.1. The van der Waals surface area contributed by atoms with Crippen LogP contribution in [0.5, 0.6) is 0 Å². The van der Waals surface area contributed by atoms with Crippen LogP contribution in [-0.2, 0) is 4.79 Å². The van der Waals surface area contributed by atoms with Crippen molar-refractivity contribution in [2.24, 2.45) is 27.8 Å². The molecule has 130 valence electrons. The van der Waals surface area contributed by atoms with Gasteiger partial charge in [-0.15, -0.1) is 11.3 Å². The van der Waals surface area contributed by atoms with Crippen molar-refractivity contribution in [2.45, 2.75) is 19.8 Å². The maximum atomic E-state index is 11.9. The SMILES string of the molecule is CC1(C)C(C(N)=O)C(N)=NC(=S)C1c1nc(-c2ccc(Cl)cc2)cs1. The summed E-state index contributed by atoms with van der Waals surface area (Å²) >= 11 is 12.9. The van der Waals surface area contributed by atoms with Crippen LogP contribution in [0.2, 0.25) is 5.02 Å². The number of thiocarbonyl (C=S) groups is 1. The molecule has 1 amide bonds. The summed E-state index contributed by atoms with van der Waals surface area (Å²) < 4.78 is 0. The Hall–Kier alpha value is -1.83. The number of benzene rings is 1. The third-order valence-electron chi connectivity index (χ3n) is 4.46. The molecule has 0 saturated carbocycles. The maximum Gasteiger partial charge on any atom is 0.228 e. The van der Waals surface area contributed by atoms with Crippen LogP contribution in [0, 0.1) is 11.3 Å². The highest BCUT2D eigenvalue weighted by Gasteiger charge is 2.49. The molecule has 0 spiro atoms. The second-order valence-corrected chi connectivity index (χ2v) is 8.29. The lowest BCUT2D eigenvalue weighted by molar-refractivity contribution is -0.122. The number of carbonyl (C=O) groups excluding carboxylic acids is 1. The quantitative estimate of drug-likeness (QED) is 0.783. The maximum absolute atomic E-state index is 11.9. The van der Waals surface area contributed by atoms with Gasteiger partial charge in [0.1, 0.15) is 21.7 Å². The van der Waals surface area contributed by atoms with Crippen molar-refractivity contribution < 1.29 is 4.79 Å². The van der Waals surface area contributed by atoms with Gasteiger partial charge in [0.15, 0.2) is 0 Å². The standard InChI is InChI=1S/C17H17ClN4OS2/c1-17(2)11(14(20)23)13(19)22-15(24)12(17)16-21-10(7-25-16)8-3-5-9(18)6-4-8/h3-7,11-12H,1-2H3,(H2,20,23)(H2,19,22,24). The Morgan fingerprint density at radius 1 is 1.32 bits per heavy atom. The summed E-state index contributed by atoms with van der Waals surface area (Å²) in [6.45, 7) is 3.84. The molecule has 1 aliphatic rings. The van der Waals surface area contributed by atoms with Gasteiger partial charge in [-0.2, -0.15) is 0 Å². The van der Waals surface area contributed by atoms with Gasteiger partial charge in [0.05, 0.1) is 11.6 Å². The van der Waals surface area contributed by atoms with E-state index in [4.69, 9.17) is 40.3 Å². The normalized spacial score (nSPS) is 22.5. The van der Waals surface area contributed by atoms with E-state index in [0.717, 1.165) is 16.3 Å². The van der Waals surface area contributed by atoms with Crippen LogP contribution in [0.4, 0.5) is 0 Å². The fourth-order valence-corrected chi connectivity index (χ4v) is 5.08. The number of hydrogen-bond acceptors (Lipinski definition) is 5. The van der Waals surface area contributed by atoms with Gasteiger partial charge in [-0.25, -0.2) is 9.98 Å². The highest BCUT2D eigenvalue weighted by molar-refractivity contribution is 7.80. The van der Waals surface area contributed by atoms with Crippen LogP contribution in [0.25, 0.3) is 11.3 Å². The molecule has 2 heterocycles. The lowest BCUT2D eigenvalue weighted by Gasteiger charge is -2.40. The molecule has 3 rings (SSSR count). The number of aromatic nitrogens is 1. The molecule has 0 saturated heterocycles. The highest BCUT2D eigenvalue weighted by Crippen LogP contribution is 2.47. The van der Waals surface area contributed by atoms with Gasteiger partial charge < -0.3 is 11.5 Å². The first-order chi connectivity index (χ1) is 11.7. The van der Waals surface area contributed by atoms with Crippen LogP contribution in [-0.4, -0.2) is 21.7 Å². The molecule has 0 bridgehead atoms. The number of nitrogens with zero attached hydrogens (tertiary/aromatic N) is 2. The zero-order valence-electron chi connectivity index (χ0n) is 13.7. The Bertz CT molecular complexity index is 873. The van der Waals surface area contributed by atoms with E-state index in [-0.39, 0.29) is 11.8 Å². The van der Waals surface area contributed by atoms with Crippen LogP contribution < -0.4 is 11.5 Å². The van der Waals surface area contributed by atoms with Crippen LogP contribution >= 0.6 is 35.2 Å². The van der Waals surface area contributed by atoms with Gasteiger partial charge in [0.2, 0.25) is 5.91 Å². The Morgan fingerprint density at radius 2 is 1.96 bits per heavy atom. The molecule has 0 aliphatic carbocycles. The number of thiazole rings is 1. The van der Waals surface area contributed by atoms with Gasteiger partial charge in [-0.3, -0.25) is 4.79 Å². The second kappa shape index (κ2) is 6.48. The van der Waals surface area contributed by atoms with E-state index in [9.17, 15) is 4.79 Å². The molecule has 0 fully saturated rings. The van der Waals surface area contributed by atoms with Crippen molar-refractivity contribution in [1.82, 2.24) is 4.98 Å². The molecule has 8 heteroatoms. The first-order valence-electron chi connectivity index (χ1n) is 7.60. The topological polar surface area (TPSA) is 94.4 Å². The number of rotatable bonds is 3. The minimum absolute atomic E-state index is 0.174. The minimum atomic E-state index is -0.688. The lowest BCUT2D eigenvalue weighted by atomic mass is 9.67. The summed E-state index contributed by atoms with van der Waals surface area (Å²) in [5.74, 6) is -1.33. The van der Waals surface area contributed by atoms with Crippen LogP contribution in [0.15, 0.2) is 34.6 Å². The molecule has 2 unspecified atom stereocenters. The van der Waals surface area contributed by atoms with Crippen molar-refractivity contribution in [3.63, 3.8) is 0 Å². The van der Waals surface area contributed by atoms with Crippen LogP contribution in [0.1, 0.15) is 24.8 Å². The Kier molecular flexibility index (Phi) is 4.66. The van der Waals surface area contributed by atoms with Gasteiger partial charge in [0, 0.05) is 16.0 Å². The zero-order chi connectivity index (χ0) is 18.4. The monoisotopic (exact) mass is 392 g/mol. The number of aliphatic imine (C=N–C) groups is 1. The Balaban J connectivity index is 2.02. The van der Waals surface area contributed by atoms with E-state index in [2.05, 4.69) is 4.99 Å². The molecule has 1 aromatic carbocycles. The van der Waals surface area contributed by atoms with Crippen molar-refractivity contribution in [3.8, 4) is 11.3 Å². The van der Waals surface area contributed by atoms with E-state index < -0.39 is 17.2 Å². The molecule has 2 aromatic rings. The van der Waals surface area contributed by atoms with Gasteiger partial charge >= 0.3 is 0 Å². The van der Waals surface area contributed by atoms with E-state index in [1.807, 2.05) is 43.5 Å². The minimum Gasteiger partial charge on any atom is -0.386 e. The number of primary amides is 1. The molecule has 5 nitrogen and oxygen atoms in total. The predicted octanol–water partition coefficient (Wildman–Crippen LogP) is 3.37. The molecule has 25 heavy (non-hydrogen) atoms. The summed E-state index contributed by atoms with van der Waals surface area (Å²) in [4.78, 5) is 21.3. The molecular formula is C17H17ClN4OS2. The van der Waals surface area contributed by atoms with E-state index in [1.54, 1.807) is 0 Å². The lowest BCUT2D eigenvalue weighted by Crippen LogP contribution is -2.51. The smallest absolute Gasteiger partial charge is 0.228 e. The van der Waals surface area contributed by atoms with Crippen molar-refractivity contribution >= 4 is 51.9 Å². The average molecular weight is 393 g/mol. The van der Waals surface area contributed by atoms with Crippen molar-refractivity contribution in [1.29, 1.82) is 0 Å². The number of nitrogens with two attached hydrogens (primary N) is 2. The third-order valence-corrected chi connectivity index (χ3v) is 5.95. The predicted molar refractivity (Wildman–Crippen MR) is 106 cm³/mol. The number of hydrogen-bond donors (Lipinski definition) is 2. The summed E-state index contributed by atoms with van der Waals surface area (Å²) in [5.41, 5.74) is 12.7. The first-order valence-corrected chi connectivity index (χ1v) is 9.27. The largest absolute Gasteiger partial charge is 0.386 e. The molecule has 0 radical (unpaired) electrons. The van der Waals surface area contributed by atoms with Gasteiger partial charge in [0.25, 0.3) is 0 Å². The Labute approximate surface area is 160 Å². The molecule has 2 atom stereocenters. The summed E-state index contributed by atoms with van der Waals surface area (Å²) in [6.07, 6.45) is 0. The third kappa shape index (κ3) is 3.19. The molecule has 4 N–H and O–H groups in total. The number of amides is 1. The fourth-order valence-electron chi connectivity index (χ4n) is 3.23. The highest BCUT2D eigenvalue weighted by atomic mass is 35.5. The summed E-state index contributed by atoms with van der Waals surface area (Å²) in [5, 5.41) is 3.42. The van der Waals surface area contributed by atoms with Gasteiger partial charge in [-0.05, 0) is 17.5 Å². The first kappa shape index (κ1) is 18.0. The molecule has 1 aromatic heterocycles. The number of halogens is 1. The fraction of sp³-hybridized carbons (Fsp3) is 0.294. The average Bonchev–Trinajstić information content (AvgIpc) is 2.95. The number of amidine groups is 1. The van der Waals surface area contributed by atoms with Crippen molar-refractivity contribution in [2.75, 3.05) is 0 Å². The molecule has 1 aliphatic heterocycles. The second-order valence-electron chi connectivity index (χ2n) is 6.54. The van der Waals surface area contributed by atoms with E-state index in [1.165, 1.54) is 11.3 Å². The number of carbonyl (C=O) groups is 1. The van der Waals surface area contributed by atoms with E-state index >= 15 is 0 Å².